The molecule has 0 radical (unpaired) electrons. The van der Waals surface area contributed by atoms with Crippen LogP contribution in [0.25, 0.3) is 0 Å². The lowest BCUT2D eigenvalue weighted by atomic mass is 9.78. The van der Waals surface area contributed by atoms with Crippen molar-refractivity contribution in [3.63, 3.8) is 0 Å². The first-order valence-electron chi connectivity index (χ1n) is 11.0. The van der Waals surface area contributed by atoms with E-state index in [0.717, 1.165) is 0 Å². The summed E-state index contributed by atoms with van der Waals surface area (Å²) < 4.78 is 17.1. The van der Waals surface area contributed by atoms with Gasteiger partial charge >= 0.3 is 12.2 Å². The Morgan fingerprint density at radius 3 is 2.28 bits per heavy atom. The molecule has 0 spiro atoms. The van der Waals surface area contributed by atoms with Crippen LogP contribution in [0.4, 0.5) is 9.59 Å². The van der Waals surface area contributed by atoms with E-state index in [4.69, 9.17) is 13.9 Å². The molecular formula is C22H37N3O6Si. The fourth-order valence-corrected chi connectivity index (χ4v) is 5.42. The molecule has 2 saturated heterocycles. The molecule has 10 heteroatoms. The summed E-state index contributed by atoms with van der Waals surface area (Å²) in [6.07, 6.45) is 2.37. The third kappa shape index (κ3) is 5.92. The maximum Gasteiger partial charge on any atom is 0.412 e. The predicted octanol–water partition coefficient (Wildman–Crippen LogP) is 2.50. The van der Waals surface area contributed by atoms with Gasteiger partial charge in [0.1, 0.15) is 19.8 Å². The van der Waals surface area contributed by atoms with Gasteiger partial charge in [0, 0.05) is 19.5 Å². The van der Waals surface area contributed by atoms with E-state index in [-0.39, 0.29) is 43.5 Å². The SMILES string of the molecule is C=CCOC(=O)N1CC(=O)NC([C@@]2(O[SiH](C)C)C[C@H](C(C)(C)C)CN2C(=O)OCC=C)C1. The van der Waals surface area contributed by atoms with Gasteiger partial charge in [0.05, 0.1) is 6.04 Å². The molecule has 2 heterocycles. The number of amides is 3. The van der Waals surface area contributed by atoms with E-state index < -0.39 is 33.0 Å². The van der Waals surface area contributed by atoms with Crippen LogP contribution in [-0.2, 0) is 18.7 Å². The molecule has 0 bridgehead atoms. The highest BCUT2D eigenvalue weighted by Crippen LogP contribution is 2.45. The van der Waals surface area contributed by atoms with Gasteiger partial charge in [-0.3, -0.25) is 14.6 Å². The average molecular weight is 468 g/mol. The molecule has 3 atom stereocenters. The number of rotatable bonds is 7. The van der Waals surface area contributed by atoms with Gasteiger partial charge in [-0.1, -0.05) is 46.1 Å². The summed E-state index contributed by atoms with van der Waals surface area (Å²) >= 11 is 0. The number of nitrogens with zero attached hydrogens (tertiary/aromatic N) is 2. The summed E-state index contributed by atoms with van der Waals surface area (Å²) in [6.45, 7) is 18.1. The van der Waals surface area contributed by atoms with Crippen molar-refractivity contribution >= 4 is 27.1 Å². The lowest BCUT2D eigenvalue weighted by Crippen LogP contribution is -2.70. The number of hydrogen-bond donors (Lipinski definition) is 1. The smallest absolute Gasteiger partial charge is 0.412 e. The van der Waals surface area contributed by atoms with Crippen molar-refractivity contribution in [2.24, 2.45) is 11.3 Å². The summed E-state index contributed by atoms with van der Waals surface area (Å²) in [5, 5.41) is 2.98. The maximum atomic E-state index is 13.1. The number of ether oxygens (including phenoxy) is 2. The standard InChI is InChI=1S/C22H37N3O6Si/c1-8-10-29-19(27)24-14-17(23-18(26)15-24)22(31-32(6)7)12-16(21(3,4)5)13-25(22)20(28)30-11-9-2/h8-9,16-17,32H,1-2,10-15H2,3-7H3,(H,23,26)/t16-,17?,22-/m0/s1. The van der Waals surface area contributed by atoms with Gasteiger partial charge in [-0.25, -0.2) is 9.59 Å². The summed E-state index contributed by atoms with van der Waals surface area (Å²) in [6, 6.07) is -0.626. The van der Waals surface area contributed by atoms with Crippen LogP contribution in [0.5, 0.6) is 0 Å². The van der Waals surface area contributed by atoms with Crippen molar-refractivity contribution < 1.29 is 28.3 Å². The Kier molecular flexibility index (Phi) is 8.52. The van der Waals surface area contributed by atoms with Gasteiger partial charge < -0.3 is 19.2 Å². The van der Waals surface area contributed by atoms with E-state index in [2.05, 4.69) is 39.2 Å². The van der Waals surface area contributed by atoms with Gasteiger partial charge in [0.15, 0.2) is 14.8 Å². The summed E-state index contributed by atoms with van der Waals surface area (Å²) in [5.41, 5.74) is -1.23. The van der Waals surface area contributed by atoms with E-state index in [0.29, 0.717) is 13.0 Å². The normalized spacial score (nSPS) is 26.0. The topological polar surface area (TPSA) is 97.4 Å². The lowest BCUT2D eigenvalue weighted by molar-refractivity contribution is -0.135. The molecule has 1 unspecified atom stereocenters. The lowest BCUT2D eigenvalue weighted by Gasteiger charge is -2.47. The van der Waals surface area contributed by atoms with Crippen LogP contribution in [0.1, 0.15) is 27.2 Å². The highest BCUT2D eigenvalue weighted by molar-refractivity contribution is 6.48. The number of nitrogens with one attached hydrogen (secondary N) is 1. The van der Waals surface area contributed by atoms with E-state index in [1.807, 2.05) is 13.1 Å². The van der Waals surface area contributed by atoms with Crippen LogP contribution in [-0.4, -0.2) is 81.5 Å². The Morgan fingerprint density at radius 1 is 1.16 bits per heavy atom. The minimum atomic E-state index is -1.70. The summed E-state index contributed by atoms with van der Waals surface area (Å²) in [4.78, 5) is 41.2. The fraction of sp³-hybridized carbons (Fsp3) is 0.682. The van der Waals surface area contributed by atoms with Gasteiger partial charge in [-0.05, 0) is 24.4 Å². The second kappa shape index (κ2) is 10.5. The number of piperazine rings is 1. The zero-order valence-electron chi connectivity index (χ0n) is 19.9. The molecule has 3 amide bonds. The predicted molar refractivity (Wildman–Crippen MR) is 124 cm³/mol. The first-order valence-corrected chi connectivity index (χ1v) is 13.8. The largest absolute Gasteiger partial charge is 0.445 e. The second-order valence-corrected chi connectivity index (χ2v) is 12.0. The van der Waals surface area contributed by atoms with Crippen LogP contribution in [0.2, 0.25) is 13.1 Å². The fourth-order valence-electron chi connectivity index (χ4n) is 4.21. The molecule has 0 aromatic rings. The maximum absolute atomic E-state index is 13.1. The van der Waals surface area contributed by atoms with Crippen LogP contribution in [0.3, 0.4) is 0 Å². The number of hydrogen-bond acceptors (Lipinski definition) is 6. The molecule has 2 rings (SSSR count). The van der Waals surface area contributed by atoms with Crippen molar-refractivity contribution in [2.45, 2.75) is 52.1 Å². The highest BCUT2D eigenvalue weighted by atomic mass is 28.3. The molecule has 9 nitrogen and oxygen atoms in total. The van der Waals surface area contributed by atoms with Gasteiger partial charge in [-0.15, -0.1) is 0 Å². The third-order valence-corrected chi connectivity index (χ3v) is 6.69. The minimum absolute atomic E-state index is 0.0499. The Morgan fingerprint density at radius 2 is 1.75 bits per heavy atom. The zero-order chi connectivity index (χ0) is 24.1. The number of carbonyl (C=O) groups excluding carboxylic acids is 3. The first kappa shape index (κ1) is 25.9. The summed E-state index contributed by atoms with van der Waals surface area (Å²) in [7, 11) is -1.70. The van der Waals surface area contributed by atoms with Crippen LogP contribution in [0.15, 0.2) is 25.3 Å². The quantitative estimate of drug-likeness (QED) is 0.456. The minimum Gasteiger partial charge on any atom is -0.445 e. The molecule has 1 N–H and O–H groups in total. The molecule has 2 fully saturated rings. The van der Waals surface area contributed by atoms with Crippen molar-refractivity contribution in [3.8, 4) is 0 Å². The van der Waals surface area contributed by atoms with E-state index >= 15 is 0 Å². The van der Waals surface area contributed by atoms with Crippen molar-refractivity contribution in [2.75, 3.05) is 32.8 Å². The third-order valence-electron chi connectivity index (χ3n) is 5.81. The molecular weight excluding hydrogens is 430 g/mol. The van der Waals surface area contributed by atoms with Gasteiger partial charge in [0.2, 0.25) is 5.91 Å². The average Bonchev–Trinajstić information content (AvgIpc) is 3.10. The van der Waals surface area contributed by atoms with E-state index in [1.54, 1.807) is 4.90 Å². The van der Waals surface area contributed by atoms with Crippen LogP contribution in [0, 0.1) is 11.3 Å². The Bertz CT molecular complexity index is 738. The second-order valence-electron chi connectivity index (χ2n) is 9.62. The molecule has 0 aromatic carbocycles. The molecule has 32 heavy (non-hydrogen) atoms. The highest BCUT2D eigenvalue weighted by Gasteiger charge is 2.58. The van der Waals surface area contributed by atoms with Gasteiger partial charge in [0.25, 0.3) is 0 Å². The molecule has 2 aliphatic rings. The van der Waals surface area contributed by atoms with Crippen LogP contribution < -0.4 is 5.32 Å². The zero-order valence-corrected chi connectivity index (χ0v) is 21.0. The van der Waals surface area contributed by atoms with Gasteiger partial charge in [-0.2, -0.15) is 0 Å². The van der Waals surface area contributed by atoms with Crippen LogP contribution >= 0.6 is 0 Å². The molecule has 2 aliphatic heterocycles. The van der Waals surface area contributed by atoms with E-state index in [9.17, 15) is 14.4 Å². The molecule has 0 saturated carbocycles. The van der Waals surface area contributed by atoms with Crippen molar-refractivity contribution in [1.29, 1.82) is 0 Å². The molecule has 0 aliphatic carbocycles. The number of likely N-dealkylation sites (tertiary alicyclic amines) is 1. The molecule has 0 aromatic heterocycles. The Labute approximate surface area is 192 Å². The molecule has 180 valence electrons. The first-order chi connectivity index (χ1) is 14.9. The Hall–Kier alpha value is -2.33. The monoisotopic (exact) mass is 467 g/mol. The summed E-state index contributed by atoms with van der Waals surface area (Å²) in [5.74, 6) is -0.227. The number of carbonyl (C=O) groups is 3. The van der Waals surface area contributed by atoms with Crippen molar-refractivity contribution in [3.05, 3.63) is 25.3 Å². The Balaban J connectivity index is 2.45. The van der Waals surface area contributed by atoms with E-state index in [1.165, 1.54) is 17.1 Å². The van der Waals surface area contributed by atoms with Crippen molar-refractivity contribution in [1.82, 2.24) is 15.1 Å².